The Morgan fingerprint density at radius 1 is 1.05 bits per heavy atom. The number of nitrogens with one attached hydrogen (secondary N) is 1. The molecular weight excluding hydrogens is 262 g/mol. The van der Waals surface area contributed by atoms with Crippen LogP contribution < -0.4 is 5.32 Å². The summed E-state index contributed by atoms with van der Waals surface area (Å²) in [5.41, 5.74) is 0. The molecule has 4 nitrogen and oxygen atoms in total. The average molecular weight is 285 g/mol. The van der Waals surface area contributed by atoms with Crippen LogP contribution in [0.4, 0.5) is 0 Å². The van der Waals surface area contributed by atoms with Crippen molar-refractivity contribution in [2.24, 2.45) is 23.7 Å². The van der Waals surface area contributed by atoms with Crippen LogP contribution in [0.15, 0.2) is 0 Å². The first-order valence-electron chi connectivity index (χ1n) is 7.38. The first-order valence-corrected chi connectivity index (χ1v) is 9.44. The number of hydrogen-bond acceptors (Lipinski definition) is 3. The Morgan fingerprint density at radius 3 is 2.05 bits per heavy atom. The van der Waals surface area contributed by atoms with Gasteiger partial charge in [0.2, 0.25) is 5.91 Å². The molecular formula is C14H23NO3S. The summed E-state index contributed by atoms with van der Waals surface area (Å²) in [6, 6.07) is 0.319. The SMILES string of the molecule is CS(=O)(=O)CCC(=O)NC1C2CC3CC(C2)CC1C3. The lowest BCUT2D eigenvalue weighted by atomic mass is 9.54. The van der Waals surface area contributed by atoms with Gasteiger partial charge in [-0.1, -0.05) is 0 Å². The summed E-state index contributed by atoms with van der Waals surface area (Å²) in [5, 5.41) is 3.13. The molecule has 0 spiro atoms. The Labute approximate surface area is 115 Å². The van der Waals surface area contributed by atoms with Gasteiger partial charge in [0.15, 0.2) is 0 Å². The summed E-state index contributed by atoms with van der Waals surface area (Å²) in [6.45, 7) is 0. The van der Waals surface area contributed by atoms with Crippen molar-refractivity contribution in [3.63, 3.8) is 0 Å². The summed E-state index contributed by atoms with van der Waals surface area (Å²) in [6.07, 6.45) is 7.77. The maximum absolute atomic E-state index is 11.9. The van der Waals surface area contributed by atoms with Crippen molar-refractivity contribution in [1.29, 1.82) is 0 Å². The Hall–Kier alpha value is -0.580. The van der Waals surface area contributed by atoms with E-state index in [0.29, 0.717) is 17.9 Å². The quantitative estimate of drug-likeness (QED) is 0.848. The fourth-order valence-electron chi connectivity index (χ4n) is 4.70. The lowest BCUT2D eigenvalue weighted by molar-refractivity contribution is -0.124. The van der Waals surface area contributed by atoms with Crippen LogP contribution in [-0.4, -0.2) is 32.4 Å². The van der Waals surface area contributed by atoms with Gasteiger partial charge in [-0.05, 0) is 55.8 Å². The van der Waals surface area contributed by atoms with Crippen LogP contribution in [0.25, 0.3) is 0 Å². The van der Waals surface area contributed by atoms with Gasteiger partial charge in [-0.25, -0.2) is 8.42 Å². The summed E-state index contributed by atoms with van der Waals surface area (Å²) in [4.78, 5) is 11.9. The molecule has 4 rings (SSSR count). The number of carbonyl (C=O) groups is 1. The molecule has 0 aliphatic heterocycles. The second-order valence-electron chi connectivity index (χ2n) is 6.90. The Balaban J connectivity index is 1.57. The molecule has 0 aromatic heterocycles. The predicted molar refractivity (Wildman–Crippen MR) is 73.3 cm³/mol. The predicted octanol–water partition coefficient (Wildman–Crippen LogP) is 1.36. The molecule has 4 fully saturated rings. The number of sulfone groups is 1. The fourth-order valence-corrected chi connectivity index (χ4v) is 5.25. The number of amides is 1. The van der Waals surface area contributed by atoms with Crippen LogP contribution in [0.5, 0.6) is 0 Å². The van der Waals surface area contributed by atoms with Crippen molar-refractivity contribution in [1.82, 2.24) is 5.32 Å². The third-order valence-corrected chi connectivity index (χ3v) is 6.20. The van der Waals surface area contributed by atoms with Gasteiger partial charge in [0, 0.05) is 18.7 Å². The maximum Gasteiger partial charge on any atom is 0.221 e. The molecule has 0 heterocycles. The van der Waals surface area contributed by atoms with E-state index in [0.717, 1.165) is 11.8 Å². The van der Waals surface area contributed by atoms with Crippen LogP contribution in [0.3, 0.4) is 0 Å². The second kappa shape index (κ2) is 4.76. The summed E-state index contributed by atoms with van der Waals surface area (Å²) >= 11 is 0. The van der Waals surface area contributed by atoms with Gasteiger partial charge < -0.3 is 5.32 Å². The summed E-state index contributed by atoms with van der Waals surface area (Å²) in [7, 11) is -3.04. The zero-order valence-corrected chi connectivity index (χ0v) is 12.3. The topological polar surface area (TPSA) is 63.2 Å². The molecule has 0 radical (unpaired) electrons. The van der Waals surface area contributed by atoms with Gasteiger partial charge in [0.25, 0.3) is 0 Å². The van der Waals surface area contributed by atoms with E-state index in [1.54, 1.807) is 0 Å². The van der Waals surface area contributed by atoms with E-state index in [1.807, 2.05) is 0 Å². The molecule has 4 bridgehead atoms. The molecule has 0 aromatic carbocycles. The van der Waals surface area contributed by atoms with Gasteiger partial charge >= 0.3 is 0 Å². The van der Waals surface area contributed by atoms with E-state index in [9.17, 15) is 13.2 Å². The van der Waals surface area contributed by atoms with Crippen LogP contribution >= 0.6 is 0 Å². The second-order valence-corrected chi connectivity index (χ2v) is 9.16. The highest BCUT2D eigenvalue weighted by atomic mass is 32.2. The van der Waals surface area contributed by atoms with Crippen molar-refractivity contribution >= 4 is 15.7 Å². The largest absolute Gasteiger partial charge is 0.353 e. The van der Waals surface area contributed by atoms with Crippen LogP contribution in [0.1, 0.15) is 38.5 Å². The Kier molecular flexibility index (Phi) is 3.36. The van der Waals surface area contributed by atoms with Crippen molar-refractivity contribution in [2.75, 3.05) is 12.0 Å². The maximum atomic E-state index is 11.9. The van der Waals surface area contributed by atoms with Crippen molar-refractivity contribution in [3.05, 3.63) is 0 Å². The normalized spacial score (nSPS) is 40.4. The minimum atomic E-state index is -3.04. The highest BCUT2D eigenvalue weighted by molar-refractivity contribution is 7.90. The average Bonchev–Trinajstić information content (AvgIpc) is 2.29. The molecule has 0 aromatic rings. The summed E-state index contributed by atoms with van der Waals surface area (Å²) in [5.74, 6) is 2.98. The molecule has 4 saturated carbocycles. The van der Waals surface area contributed by atoms with Gasteiger partial charge in [-0.3, -0.25) is 4.79 Å². The third kappa shape index (κ3) is 2.96. The molecule has 0 unspecified atom stereocenters. The highest BCUT2D eigenvalue weighted by Crippen LogP contribution is 2.53. The summed E-state index contributed by atoms with van der Waals surface area (Å²) < 4.78 is 22.2. The monoisotopic (exact) mass is 285 g/mol. The third-order valence-electron chi connectivity index (χ3n) is 5.25. The molecule has 1 amide bonds. The molecule has 0 saturated heterocycles. The minimum absolute atomic E-state index is 0.0356. The number of rotatable bonds is 4. The minimum Gasteiger partial charge on any atom is -0.353 e. The van der Waals surface area contributed by atoms with Crippen molar-refractivity contribution < 1.29 is 13.2 Å². The zero-order valence-electron chi connectivity index (χ0n) is 11.5. The molecule has 4 aliphatic rings. The van der Waals surface area contributed by atoms with Crippen LogP contribution in [-0.2, 0) is 14.6 Å². The van der Waals surface area contributed by atoms with Gasteiger partial charge in [0.1, 0.15) is 9.84 Å². The first kappa shape index (κ1) is 13.4. The highest BCUT2D eigenvalue weighted by Gasteiger charge is 2.48. The van der Waals surface area contributed by atoms with E-state index in [-0.39, 0.29) is 18.1 Å². The smallest absolute Gasteiger partial charge is 0.221 e. The number of carbonyl (C=O) groups excluding carboxylic acids is 1. The lowest BCUT2D eigenvalue weighted by Gasteiger charge is -2.54. The van der Waals surface area contributed by atoms with Crippen LogP contribution in [0, 0.1) is 23.7 Å². The van der Waals surface area contributed by atoms with Gasteiger partial charge in [0.05, 0.1) is 5.75 Å². The molecule has 4 aliphatic carbocycles. The molecule has 0 atom stereocenters. The van der Waals surface area contributed by atoms with E-state index < -0.39 is 9.84 Å². The zero-order chi connectivity index (χ0) is 13.6. The van der Waals surface area contributed by atoms with Gasteiger partial charge in [-0.2, -0.15) is 0 Å². The fraction of sp³-hybridized carbons (Fsp3) is 0.929. The van der Waals surface area contributed by atoms with E-state index in [4.69, 9.17) is 0 Å². The Morgan fingerprint density at radius 2 is 1.58 bits per heavy atom. The first-order chi connectivity index (χ1) is 8.90. The lowest BCUT2D eigenvalue weighted by Crippen LogP contribution is -2.55. The van der Waals surface area contributed by atoms with E-state index in [2.05, 4.69) is 5.32 Å². The molecule has 19 heavy (non-hydrogen) atoms. The van der Waals surface area contributed by atoms with Gasteiger partial charge in [-0.15, -0.1) is 0 Å². The van der Waals surface area contributed by atoms with Crippen molar-refractivity contribution in [3.8, 4) is 0 Å². The molecule has 5 heteroatoms. The molecule has 108 valence electrons. The standard InChI is InChI=1S/C14H23NO3S/c1-19(17,18)3-2-13(16)15-14-11-5-9-4-10(7-11)8-12(14)6-9/h9-12,14H,2-8H2,1H3,(H,15,16). The Bertz CT molecular complexity index is 443. The van der Waals surface area contributed by atoms with E-state index >= 15 is 0 Å². The number of hydrogen-bond donors (Lipinski definition) is 1. The van der Waals surface area contributed by atoms with Crippen LogP contribution in [0.2, 0.25) is 0 Å². The molecule has 1 N–H and O–H groups in total. The van der Waals surface area contributed by atoms with Crippen molar-refractivity contribution in [2.45, 2.75) is 44.6 Å². The van der Waals surface area contributed by atoms with E-state index in [1.165, 1.54) is 38.4 Å².